The Morgan fingerprint density at radius 2 is 2.05 bits per heavy atom. The highest BCUT2D eigenvalue weighted by molar-refractivity contribution is 6.45. The van der Waals surface area contributed by atoms with Crippen molar-refractivity contribution in [2.45, 2.75) is 67.0 Å². The third kappa shape index (κ3) is 4.69. The van der Waals surface area contributed by atoms with Crippen molar-refractivity contribution >= 4 is 13.0 Å². The van der Waals surface area contributed by atoms with Crippen LogP contribution in [0.2, 0.25) is 0 Å². The van der Waals surface area contributed by atoms with Gasteiger partial charge in [0, 0.05) is 6.92 Å². The van der Waals surface area contributed by atoms with E-state index in [4.69, 9.17) is 9.41 Å². The molecule has 0 radical (unpaired) electrons. The largest absolute Gasteiger partial charge is 0.496 e. The lowest BCUT2D eigenvalue weighted by Gasteiger charge is -2.53. The average Bonchev–Trinajstić information content (AvgIpc) is 2.90. The summed E-state index contributed by atoms with van der Waals surface area (Å²) in [4.78, 5) is 10.8. The molecule has 2 N–H and O–H groups in total. The first-order valence-corrected chi connectivity index (χ1v) is 8.24. The van der Waals surface area contributed by atoms with E-state index in [9.17, 15) is 4.79 Å². The van der Waals surface area contributed by atoms with Crippen molar-refractivity contribution in [3.8, 4) is 0 Å². The summed E-state index contributed by atoms with van der Waals surface area (Å²) in [5.41, 5.74) is 3.32. The molecule has 2 fully saturated rings. The molecule has 0 spiro atoms. The number of rotatable bonds is 5. The quantitative estimate of drug-likeness (QED) is 0.766. The molecule has 1 aliphatic heterocycles. The van der Waals surface area contributed by atoms with Crippen LogP contribution in [-0.2, 0) is 14.2 Å². The monoisotopic (exact) mass is 298 g/mol. The third-order valence-electron chi connectivity index (χ3n) is 4.83. The Kier molecular flexibility index (Phi) is 7.17. The van der Waals surface area contributed by atoms with Crippen LogP contribution in [0.5, 0.6) is 0 Å². The zero-order valence-electron chi connectivity index (χ0n) is 14.4. The van der Waals surface area contributed by atoms with Crippen LogP contribution in [0.3, 0.4) is 0 Å². The number of hydroxylamine groups is 1. The number of carbonyl (C=O) groups is 1. The molecule has 0 unspecified atom stereocenters. The highest BCUT2D eigenvalue weighted by Crippen LogP contribution is 2.54. The Balaban J connectivity index is 0.00000106. The second-order valence-electron chi connectivity index (χ2n) is 6.32. The molecular weight excluding hydrogens is 267 g/mol. The Hall–Kier alpha value is -0.585. The predicted molar refractivity (Wildman–Crippen MR) is 85.2 cm³/mol. The van der Waals surface area contributed by atoms with Gasteiger partial charge in [0.25, 0.3) is 0 Å². The van der Waals surface area contributed by atoms with Crippen LogP contribution in [0.15, 0.2) is 0 Å². The molecule has 0 aromatic rings. The van der Waals surface area contributed by atoms with Gasteiger partial charge in [0.05, 0.1) is 6.44 Å². The van der Waals surface area contributed by atoms with E-state index in [1.165, 1.54) is 19.8 Å². The van der Waals surface area contributed by atoms with Gasteiger partial charge in [-0.25, -0.2) is 0 Å². The van der Waals surface area contributed by atoms with E-state index in [-0.39, 0.29) is 19.3 Å². The molecule has 6 heteroatoms. The molecular formula is C15H31BN2O3. The normalized spacial score (nSPS) is 30.2. The molecule has 1 saturated carbocycles. The van der Waals surface area contributed by atoms with Gasteiger partial charge in [-0.1, -0.05) is 41.0 Å². The van der Waals surface area contributed by atoms with Crippen molar-refractivity contribution in [3.63, 3.8) is 0 Å². The average molecular weight is 298 g/mol. The summed E-state index contributed by atoms with van der Waals surface area (Å²) in [6.45, 7) is 12.4. The molecule has 0 aromatic heterocycles. The maximum absolute atomic E-state index is 10.8. The van der Waals surface area contributed by atoms with Crippen molar-refractivity contribution in [2.24, 2.45) is 17.3 Å². The van der Waals surface area contributed by atoms with E-state index in [2.05, 4.69) is 31.6 Å². The molecule has 2 aliphatic rings. The molecule has 21 heavy (non-hydrogen) atoms. The Morgan fingerprint density at radius 1 is 1.38 bits per heavy atom. The minimum Gasteiger partial charge on any atom is -0.391 e. The highest BCUT2D eigenvalue weighted by atomic mass is 16.8. The number of amides is 1. The first-order chi connectivity index (χ1) is 9.93. The lowest BCUT2D eigenvalue weighted by atomic mass is 9.53. The lowest BCUT2D eigenvalue weighted by Crippen LogP contribution is -2.47. The van der Waals surface area contributed by atoms with Crippen molar-refractivity contribution in [2.75, 3.05) is 6.44 Å². The SMILES string of the molecule is CC.CC[C@H]1C[C@@H](C[C@@H]2NOB(CNC(C)=O)O2)C1(C)C. The van der Waals surface area contributed by atoms with Crippen molar-refractivity contribution < 1.29 is 14.2 Å². The van der Waals surface area contributed by atoms with Gasteiger partial charge in [-0.15, -0.1) is 0 Å². The summed E-state index contributed by atoms with van der Waals surface area (Å²) >= 11 is 0. The first kappa shape index (κ1) is 18.5. The van der Waals surface area contributed by atoms with Gasteiger partial charge >= 0.3 is 7.12 Å². The minimum absolute atomic E-state index is 0.0548. The molecule has 2 rings (SSSR count). The van der Waals surface area contributed by atoms with Crippen LogP contribution < -0.4 is 10.8 Å². The van der Waals surface area contributed by atoms with E-state index in [1.54, 1.807) is 0 Å². The standard InChI is InChI=1S/C13H25BN2O3.C2H6/c1-5-10-6-11(13(10,3)4)7-12-16-19-14(18-12)8-15-9(2)17;1-2/h10-12,16H,5-8H2,1-4H3,(H,15,17);1-2H3/t10-,11-,12+;/m0./s1. The predicted octanol–water partition coefficient (Wildman–Crippen LogP) is 2.52. The van der Waals surface area contributed by atoms with E-state index in [0.717, 1.165) is 12.3 Å². The van der Waals surface area contributed by atoms with Gasteiger partial charge in [0.15, 0.2) is 0 Å². The highest BCUT2D eigenvalue weighted by Gasteiger charge is 2.48. The van der Waals surface area contributed by atoms with E-state index in [0.29, 0.717) is 17.8 Å². The third-order valence-corrected chi connectivity index (χ3v) is 4.83. The molecule has 0 bridgehead atoms. The molecule has 3 atom stereocenters. The number of carbonyl (C=O) groups excluding carboxylic acids is 1. The van der Waals surface area contributed by atoms with Gasteiger partial charge in [-0.05, 0) is 30.1 Å². The fraction of sp³-hybridized carbons (Fsp3) is 0.933. The zero-order chi connectivity index (χ0) is 16.0. The van der Waals surface area contributed by atoms with Crippen LogP contribution in [0.25, 0.3) is 0 Å². The van der Waals surface area contributed by atoms with Crippen LogP contribution in [0, 0.1) is 17.3 Å². The van der Waals surface area contributed by atoms with Gasteiger partial charge in [0.1, 0.15) is 6.23 Å². The lowest BCUT2D eigenvalue weighted by molar-refractivity contribution is -0.118. The van der Waals surface area contributed by atoms with Crippen LogP contribution in [-0.4, -0.2) is 25.7 Å². The smallest absolute Gasteiger partial charge is 0.391 e. The first-order valence-electron chi connectivity index (χ1n) is 8.24. The van der Waals surface area contributed by atoms with Crippen molar-refractivity contribution in [1.82, 2.24) is 10.8 Å². The van der Waals surface area contributed by atoms with E-state index in [1.807, 2.05) is 13.8 Å². The van der Waals surface area contributed by atoms with Gasteiger partial charge in [0.2, 0.25) is 5.91 Å². The van der Waals surface area contributed by atoms with Crippen LogP contribution in [0.1, 0.15) is 60.8 Å². The number of hydrogen-bond donors (Lipinski definition) is 2. The maximum atomic E-state index is 10.8. The van der Waals surface area contributed by atoms with Gasteiger partial charge in [-0.2, -0.15) is 5.48 Å². The van der Waals surface area contributed by atoms with Crippen molar-refractivity contribution in [3.05, 3.63) is 0 Å². The molecule has 1 saturated heterocycles. The zero-order valence-corrected chi connectivity index (χ0v) is 14.4. The van der Waals surface area contributed by atoms with Crippen molar-refractivity contribution in [1.29, 1.82) is 0 Å². The second kappa shape index (κ2) is 8.15. The molecule has 1 amide bonds. The molecule has 0 aromatic carbocycles. The Morgan fingerprint density at radius 3 is 2.57 bits per heavy atom. The second-order valence-corrected chi connectivity index (χ2v) is 6.32. The number of nitrogens with one attached hydrogen (secondary N) is 2. The molecule has 1 heterocycles. The fourth-order valence-corrected chi connectivity index (χ4v) is 3.29. The number of hydrogen-bond acceptors (Lipinski definition) is 4. The molecule has 5 nitrogen and oxygen atoms in total. The summed E-state index contributed by atoms with van der Waals surface area (Å²) in [5, 5.41) is 2.69. The summed E-state index contributed by atoms with van der Waals surface area (Å²) in [6, 6.07) is 0. The van der Waals surface area contributed by atoms with Gasteiger partial charge < -0.3 is 14.7 Å². The van der Waals surface area contributed by atoms with Crippen LogP contribution >= 0.6 is 0 Å². The van der Waals surface area contributed by atoms with Gasteiger partial charge in [-0.3, -0.25) is 4.79 Å². The topological polar surface area (TPSA) is 59.6 Å². The molecule has 1 aliphatic carbocycles. The molecule has 122 valence electrons. The summed E-state index contributed by atoms with van der Waals surface area (Å²) in [6.07, 6.45) is 3.84. The summed E-state index contributed by atoms with van der Waals surface area (Å²) in [7, 11) is -0.376. The van der Waals surface area contributed by atoms with E-state index >= 15 is 0 Å². The maximum Gasteiger partial charge on any atom is 0.496 e. The Bertz CT molecular complexity index is 339. The Labute approximate surface area is 129 Å². The summed E-state index contributed by atoms with van der Waals surface area (Å²) < 4.78 is 11.1. The van der Waals surface area contributed by atoms with E-state index < -0.39 is 0 Å². The fourth-order valence-electron chi connectivity index (χ4n) is 3.29. The summed E-state index contributed by atoms with van der Waals surface area (Å²) in [5.74, 6) is 1.44. The minimum atomic E-state index is -0.376. The van der Waals surface area contributed by atoms with Crippen LogP contribution in [0.4, 0.5) is 0 Å².